The van der Waals surface area contributed by atoms with Crippen LogP contribution in [0.4, 0.5) is 0 Å². The fourth-order valence-corrected chi connectivity index (χ4v) is 8.38. The Balaban J connectivity index is 1.70. The molecule has 1 aromatic rings. The minimum atomic E-state index is -1.26. The zero-order valence-corrected chi connectivity index (χ0v) is 29.4. The summed E-state index contributed by atoms with van der Waals surface area (Å²) in [4.78, 5) is 58.8. The first-order valence-corrected chi connectivity index (χ1v) is 17.7. The maximum absolute atomic E-state index is 14.6. The maximum atomic E-state index is 14.6. The lowest BCUT2D eigenvalue weighted by atomic mass is 9.70. The molecule has 1 unspecified atom stereocenters. The fraction of sp³-hybridized carbons (Fsp3) is 0.611. The van der Waals surface area contributed by atoms with E-state index in [9.17, 15) is 24.3 Å². The monoisotopic (exact) mass is 715 g/mol. The number of nitrogens with zero attached hydrogens (tertiary/aromatic N) is 2. The maximum Gasteiger partial charge on any atom is 0.306 e. The van der Waals surface area contributed by atoms with Crippen molar-refractivity contribution in [2.24, 2.45) is 17.8 Å². The van der Waals surface area contributed by atoms with E-state index in [1.807, 2.05) is 44.2 Å². The zero-order chi connectivity index (χ0) is 34.3. The highest BCUT2D eigenvalue weighted by Crippen LogP contribution is 2.60. The summed E-state index contributed by atoms with van der Waals surface area (Å²) in [5.41, 5.74) is -0.521. The highest BCUT2D eigenvalue weighted by molar-refractivity contribution is 9.09. The van der Waals surface area contributed by atoms with Gasteiger partial charge < -0.3 is 29.7 Å². The number of amides is 3. The number of carbonyl (C=O) groups is 4. The molecule has 1 spiro atoms. The number of hydrogen-bond acceptors (Lipinski definition) is 7. The molecule has 3 aliphatic rings. The second-order valence-corrected chi connectivity index (χ2v) is 14.3. The molecule has 10 nitrogen and oxygen atoms in total. The van der Waals surface area contributed by atoms with Gasteiger partial charge in [0, 0.05) is 24.3 Å². The Morgan fingerprint density at radius 2 is 1.94 bits per heavy atom. The highest BCUT2D eigenvalue weighted by Gasteiger charge is 2.77. The first kappa shape index (κ1) is 36.8. The van der Waals surface area contributed by atoms with Crippen molar-refractivity contribution in [1.82, 2.24) is 15.1 Å². The highest BCUT2D eigenvalue weighted by atomic mass is 79.9. The minimum Gasteiger partial charge on any atom is -0.463 e. The van der Waals surface area contributed by atoms with Crippen molar-refractivity contribution in [3.8, 4) is 0 Å². The summed E-state index contributed by atoms with van der Waals surface area (Å²) in [7, 11) is 0. The molecular weight excluding hydrogens is 666 g/mol. The molecule has 3 saturated heterocycles. The summed E-state index contributed by atoms with van der Waals surface area (Å²) in [6.45, 7) is 13.8. The number of rotatable bonds is 18. The van der Waals surface area contributed by atoms with Gasteiger partial charge in [0.05, 0.1) is 36.6 Å². The summed E-state index contributed by atoms with van der Waals surface area (Å²) in [6, 6.07) is 6.87. The molecule has 3 heterocycles. The van der Waals surface area contributed by atoms with Crippen LogP contribution in [0.2, 0.25) is 0 Å². The van der Waals surface area contributed by atoms with Crippen LogP contribution in [0, 0.1) is 17.8 Å². The van der Waals surface area contributed by atoms with Crippen LogP contribution >= 0.6 is 15.9 Å². The van der Waals surface area contributed by atoms with Crippen molar-refractivity contribution in [2.75, 3.05) is 26.3 Å². The smallest absolute Gasteiger partial charge is 0.306 e. The molecule has 2 bridgehead atoms. The average Bonchev–Trinajstić information content (AvgIpc) is 3.65. The van der Waals surface area contributed by atoms with Crippen molar-refractivity contribution in [3.05, 3.63) is 61.2 Å². The van der Waals surface area contributed by atoms with Crippen LogP contribution in [-0.4, -0.2) is 93.5 Å². The molecule has 11 heteroatoms. The number of fused-ring (bicyclic) bond motifs is 1. The molecule has 258 valence electrons. The Hall–Kier alpha value is -3.02. The predicted octanol–water partition coefficient (Wildman–Crippen LogP) is 4.32. The Morgan fingerprint density at radius 1 is 1.21 bits per heavy atom. The van der Waals surface area contributed by atoms with E-state index in [0.29, 0.717) is 25.9 Å². The first-order valence-electron chi connectivity index (χ1n) is 16.8. The van der Waals surface area contributed by atoms with Gasteiger partial charge in [-0.1, -0.05) is 92.0 Å². The Bertz CT molecular complexity index is 1290. The predicted molar refractivity (Wildman–Crippen MR) is 182 cm³/mol. The SMILES string of the molecule is C=CCCC(=O)OC[C@H](NC(=O)[C@H]1[C@@H]2O[C@@]3(CC2Br)[C@@H]1C(=O)N([C@@H](CO)C(C)C)[C@@H]3C(=O)N(CC=C)CCCCC)c1ccccc1. The second-order valence-electron chi connectivity index (χ2n) is 13.2. The van der Waals surface area contributed by atoms with Crippen molar-refractivity contribution in [3.63, 3.8) is 0 Å². The Morgan fingerprint density at radius 3 is 2.55 bits per heavy atom. The lowest BCUT2D eigenvalue weighted by Gasteiger charge is -2.40. The third-order valence-electron chi connectivity index (χ3n) is 9.75. The van der Waals surface area contributed by atoms with E-state index in [2.05, 4.69) is 41.3 Å². The number of aliphatic hydroxyl groups excluding tert-OH is 1. The topological polar surface area (TPSA) is 125 Å². The number of benzene rings is 1. The molecule has 1 aromatic carbocycles. The lowest BCUT2D eigenvalue weighted by molar-refractivity contribution is -0.152. The summed E-state index contributed by atoms with van der Waals surface area (Å²) in [6.07, 6.45) is 6.41. The number of alkyl halides is 1. The third-order valence-corrected chi connectivity index (χ3v) is 10.6. The van der Waals surface area contributed by atoms with Gasteiger partial charge in [0.15, 0.2) is 0 Å². The van der Waals surface area contributed by atoms with Gasteiger partial charge in [0.2, 0.25) is 17.7 Å². The van der Waals surface area contributed by atoms with Gasteiger partial charge in [-0.05, 0) is 30.7 Å². The lowest BCUT2D eigenvalue weighted by Crippen LogP contribution is -2.60. The molecule has 0 aromatic heterocycles. The van der Waals surface area contributed by atoms with E-state index in [1.165, 1.54) is 4.90 Å². The van der Waals surface area contributed by atoms with Gasteiger partial charge in [-0.3, -0.25) is 19.2 Å². The number of unbranched alkanes of at least 4 members (excludes halogenated alkanes) is 2. The standard InChI is InChI=1S/C36H50BrN3O7/c1-6-9-14-19-39(18-8-3)35(45)32-36-20-25(37)31(47-36)29(30(36)34(44)40(32)27(21-41)23(4)5)33(43)38-26(24-15-12-11-13-16-24)22-46-28(42)17-10-7-2/h7-8,11-13,15-16,23,25-27,29-32,41H,2-3,6,9-10,14,17-22H2,1,4-5H3,(H,38,43)/t25?,26-,27-,29+,30-,31+,32+,36-/m0/s1. The number of aliphatic hydroxyl groups is 1. The molecule has 2 N–H and O–H groups in total. The molecule has 3 fully saturated rings. The van der Waals surface area contributed by atoms with Gasteiger partial charge in [0.25, 0.3) is 0 Å². The summed E-state index contributed by atoms with van der Waals surface area (Å²) >= 11 is 3.74. The van der Waals surface area contributed by atoms with Gasteiger partial charge in [-0.15, -0.1) is 13.2 Å². The van der Waals surface area contributed by atoms with Gasteiger partial charge in [-0.2, -0.15) is 0 Å². The number of esters is 1. The van der Waals surface area contributed by atoms with Gasteiger partial charge in [-0.25, -0.2) is 0 Å². The van der Waals surface area contributed by atoms with Crippen LogP contribution in [-0.2, 0) is 28.7 Å². The van der Waals surface area contributed by atoms with Crippen LogP contribution in [0.5, 0.6) is 0 Å². The zero-order valence-electron chi connectivity index (χ0n) is 27.8. The molecule has 3 aliphatic heterocycles. The number of nitrogens with one attached hydrogen (secondary N) is 1. The molecule has 4 rings (SSSR count). The van der Waals surface area contributed by atoms with E-state index in [-0.39, 0.29) is 42.2 Å². The van der Waals surface area contributed by atoms with Crippen LogP contribution in [0.15, 0.2) is 55.6 Å². The van der Waals surface area contributed by atoms with Crippen molar-refractivity contribution in [2.45, 2.75) is 94.0 Å². The van der Waals surface area contributed by atoms with Crippen LogP contribution < -0.4 is 5.32 Å². The van der Waals surface area contributed by atoms with E-state index in [0.717, 1.165) is 24.8 Å². The number of carbonyl (C=O) groups excluding carboxylic acids is 4. The Kier molecular flexibility index (Phi) is 12.8. The van der Waals surface area contributed by atoms with Crippen LogP contribution in [0.3, 0.4) is 0 Å². The van der Waals surface area contributed by atoms with E-state index in [4.69, 9.17) is 9.47 Å². The molecule has 8 atom stereocenters. The van der Waals surface area contributed by atoms with Gasteiger partial charge >= 0.3 is 5.97 Å². The number of allylic oxidation sites excluding steroid dienone is 1. The third kappa shape index (κ3) is 7.52. The van der Waals surface area contributed by atoms with Crippen molar-refractivity contribution in [1.29, 1.82) is 0 Å². The number of halogens is 1. The number of hydrogen-bond donors (Lipinski definition) is 2. The van der Waals surface area contributed by atoms with E-state index >= 15 is 0 Å². The van der Waals surface area contributed by atoms with Crippen molar-refractivity contribution >= 4 is 39.6 Å². The van der Waals surface area contributed by atoms with Crippen molar-refractivity contribution < 1.29 is 33.8 Å². The van der Waals surface area contributed by atoms with Gasteiger partial charge in [0.1, 0.15) is 18.2 Å². The molecular formula is C36H50BrN3O7. The van der Waals surface area contributed by atoms with Crippen LogP contribution in [0.1, 0.15) is 70.9 Å². The quantitative estimate of drug-likeness (QED) is 0.100. The first-order chi connectivity index (χ1) is 22.6. The molecule has 0 aliphatic carbocycles. The summed E-state index contributed by atoms with van der Waals surface area (Å²) in [5.74, 6) is -3.45. The fourth-order valence-electron chi connectivity index (χ4n) is 7.44. The largest absolute Gasteiger partial charge is 0.463 e. The number of likely N-dealkylation sites (tertiary alicyclic amines) is 1. The molecule has 0 radical (unpaired) electrons. The minimum absolute atomic E-state index is 0.0904. The molecule has 47 heavy (non-hydrogen) atoms. The number of ether oxygens (including phenoxy) is 2. The summed E-state index contributed by atoms with van der Waals surface area (Å²) < 4.78 is 12.2. The average molecular weight is 717 g/mol. The van der Waals surface area contributed by atoms with E-state index in [1.54, 1.807) is 17.1 Å². The van der Waals surface area contributed by atoms with Crippen LogP contribution in [0.25, 0.3) is 0 Å². The normalized spacial score (nSPS) is 27.3. The molecule has 3 amide bonds. The summed E-state index contributed by atoms with van der Waals surface area (Å²) in [5, 5.41) is 13.6. The van der Waals surface area contributed by atoms with E-state index < -0.39 is 53.5 Å². The molecule has 0 saturated carbocycles. The Labute approximate surface area is 287 Å². The second kappa shape index (κ2) is 16.4.